The lowest BCUT2D eigenvalue weighted by Crippen LogP contribution is -2.02. The molecule has 3 heteroatoms. The van der Waals surface area contributed by atoms with Crippen LogP contribution in [-0.2, 0) is 13.0 Å². The molecule has 2 nitrogen and oxygen atoms in total. The second kappa shape index (κ2) is 6.01. The molecule has 19 heavy (non-hydrogen) atoms. The maximum absolute atomic E-state index is 13.4. The summed E-state index contributed by atoms with van der Waals surface area (Å²) in [6.45, 7) is 2.68. The normalized spacial score (nSPS) is 9.95. The van der Waals surface area contributed by atoms with Gasteiger partial charge < -0.3 is 5.32 Å². The first kappa shape index (κ1) is 13.1. The lowest BCUT2D eigenvalue weighted by molar-refractivity contribution is 0.624. The van der Waals surface area contributed by atoms with Gasteiger partial charge in [-0.3, -0.25) is 0 Å². The van der Waals surface area contributed by atoms with E-state index in [0.717, 1.165) is 12.0 Å². The van der Waals surface area contributed by atoms with Crippen molar-refractivity contribution in [1.29, 1.82) is 5.26 Å². The highest BCUT2D eigenvalue weighted by atomic mass is 19.1. The Morgan fingerprint density at radius 2 is 1.79 bits per heavy atom. The molecule has 96 valence electrons. The average molecular weight is 254 g/mol. The molecule has 0 bridgehead atoms. The Balaban J connectivity index is 2.10. The van der Waals surface area contributed by atoms with Gasteiger partial charge in [-0.25, -0.2) is 4.39 Å². The standard InChI is InChI=1S/C16H15FN2/c1-2-12-6-8-13(9-7-12)11-19-16-5-3-4-15(17)14(16)10-18/h3-9,19H,2,11H2,1H3. The fourth-order valence-electron chi connectivity index (χ4n) is 1.88. The summed E-state index contributed by atoms with van der Waals surface area (Å²) in [5.41, 5.74) is 2.98. The van der Waals surface area contributed by atoms with Gasteiger partial charge in [0.25, 0.3) is 0 Å². The van der Waals surface area contributed by atoms with Gasteiger partial charge in [0.2, 0.25) is 0 Å². The molecule has 0 saturated carbocycles. The van der Waals surface area contributed by atoms with Crippen molar-refractivity contribution in [3.05, 3.63) is 65.0 Å². The van der Waals surface area contributed by atoms with E-state index in [9.17, 15) is 4.39 Å². The summed E-state index contributed by atoms with van der Waals surface area (Å²) >= 11 is 0. The number of hydrogen-bond acceptors (Lipinski definition) is 2. The fraction of sp³-hybridized carbons (Fsp3) is 0.188. The molecule has 0 heterocycles. The van der Waals surface area contributed by atoms with Crippen LogP contribution in [-0.4, -0.2) is 0 Å². The molecule has 0 unspecified atom stereocenters. The van der Waals surface area contributed by atoms with Gasteiger partial charge in [0.05, 0.1) is 5.69 Å². The van der Waals surface area contributed by atoms with Crippen LogP contribution in [0, 0.1) is 17.1 Å². The molecule has 0 radical (unpaired) electrons. The Morgan fingerprint density at radius 1 is 1.11 bits per heavy atom. The molecule has 0 aromatic heterocycles. The predicted molar refractivity (Wildman–Crippen MR) is 74.3 cm³/mol. The third-order valence-electron chi connectivity index (χ3n) is 3.04. The summed E-state index contributed by atoms with van der Waals surface area (Å²) in [6, 6.07) is 14.7. The van der Waals surface area contributed by atoms with E-state index in [1.54, 1.807) is 12.1 Å². The van der Waals surface area contributed by atoms with Crippen LogP contribution in [0.1, 0.15) is 23.6 Å². The first-order valence-corrected chi connectivity index (χ1v) is 6.25. The molecular weight excluding hydrogens is 239 g/mol. The summed E-state index contributed by atoms with van der Waals surface area (Å²) in [5, 5.41) is 12.0. The minimum absolute atomic E-state index is 0.0627. The Morgan fingerprint density at radius 3 is 2.42 bits per heavy atom. The number of benzene rings is 2. The second-order valence-electron chi connectivity index (χ2n) is 4.30. The molecule has 0 amide bonds. The maximum Gasteiger partial charge on any atom is 0.143 e. The number of rotatable bonds is 4. The lowest BCUT2D eigenvalue weighted by Gasteiger charge is -2.09. The van der Waals surface area contributed by atoms with Crippen molar-refractivity contribution in [1.82, 2.24) is 0 Å². The van der Waals surface area contributed by atoms with Gasteiger partial charge in [0.15, 0.2) is 0 Å². The van der Waals surface area contributed by atoms with Crippen molar-refractivity contribution >= 4 is 5.69 Å². The van der Waals surface area contributed by atoms with E-state index in [1.807, 2.05) is 18.2 Å². The van der Waals surface area contributed by atoms with E-state index in [4.69, 9.17) is 5.26 Å². The van der Waals surface area contributed by atoms with Gasteiger partial charge in [-0.05, 0) is 29.7 Å². The van der Waals surface area contributed by atoms with Gasteiger partial charge in [-0.15, -0.1) is 0 Å². The minimum atomic E-state index is -0.492. The quantitative estimate of drug-likeness (QED) is 0.899. The largest absolute Gasteiger partial charge is 0.380 e. The van der Waals surface area contributed by atoms with Crippen molar-refractivity contribution in [3.63, 3.8) is 0 Å². The van der Waals surface area contributed by atoms with Crippen LogP contribution in [0.3, 0.4) is 0 Å². The van der Waals surface area contributed by atoms with Crippen molar-refractivity contribution in [2.45, 2.75) is 19.9 Å². The Hall–Kier alpha value is -2.34. The molecule has 0 aliphatic carbocycles. The molecule has 0 atom stereocenters. The summed E-state index contributed by atoms with van der Waals surface area (Å²) in [5.74, 6) is -0.492. The lowest BCUT2D eigenvalue weighted by atomic mass is 10.1. The topological polar surface area (TPSA) is 35.8 Å². The molecule has 2 aromatic carbocycles. The van der Waals surface area contributed by atoms with Gasteiger partial charge >= 0.3 is 0 Å². The van der Waals surface area contributed by atoms with Crippen molar-refractivity contribution in [2.24, 2.45) is 0 Å². The van der Waals surface area contributed by atoms with Crippen LogP contribution in [0.4, 0.5) is 10.1 Å². The maximum atomic E-state index is 13.4. The molecular formula is C16H15FN2. The van der Waals surface area contributed by atoms with Crippen molar-refractivity contribution in [3.8, 4) is 6.07 Å². The zero-order chi connectivity index (χ0) is 13.7. The van der Waals surface area contributed by atoms with Gasteiger partial charge in [-0.2, -0.15) is 5.26 Å². The number of hydrogen-bond donors (Lipinski definition) is 1. The zero-order valence-electron chi connectivity index (χ0n) is 10.8. The van der Waals surface area contributed by atoms with Crippen LogP contribution in [0.15, 0.2) is 42.5 Å². The molecule has 0 saturated heterocycles. The third-order valence-corrected chi connectivity index (χ3v) is 3.04. The smallest absolute Gasteiger partial charge is 0.143 e. The van der Waals surface area contributed by atoms with Crippen LogP contribution < -0.4 is 5.32 Å². The Kier molecular flexibility index (Phi) is 4.15. The predicted octanol–water partition coefficient (Wildman–Crippen LogP) is 3.87. The number of nitriles is 1. The van der Waals surface area contributed by atoms with E-state index in [-0.39, 0.29) is 5.56 Å². The molecule has 2 aromatic rings. The molecule has 0 spiro atoms. The highest BCUT2D eigenvalue weighted by Crippen LogP contribution is 2.18. The van der Waals surface area contributed by atoms with Gasteiger partial charge in [0, 0.05) is 6.54 Å². The van der Waals surface area contributed by atoms with E-state index in [2.05, 4.69) is 24.4 Å². The van der Waals surface area contributed by atoms with Crippen molar-refractivity contribution < 1.29 is 4.39 Å². The van der Waals surface area contributed by atoms with E-state index in [1.165, 1.54) is 11.6 Å². The van der Waals surface area contributed by atoms with E-state index in [0.29, 0.717) is 12.2 Å². The molecule has 0 fully saturated rings. The van der Waals surface area contributed by atoms with Gasteiger partial charge in [-0.1, -0.05) is 37.3 Å². The van der Waals surface area contributed by atoms with Crippen LogP contribution in [0.5, 0.6) is 0 Å². The number of nitrogens with zero attached hydrogens (tertiary/aromatic N) is 1. The first-order valence-electron chi connectivity index (χ1n) is 6.25. The summed E-state index contributed by atoms with van der Waals surface area (Å²) < 4.78 is 13.4. The van der Waals surface area contributed by atoms with E-state index >= 15 is 0 Å². The van der Waals surface area contributed by atoms with E-state index < -0.39 is 5.82 Å². The molecule has 0 aliphatic rings. The highest BCUT2D eigenvalue weighted by Gasteiger charge is 2.06. The number of halogens is 1. The first-order chi connectivity index (χ1) is 9.24. The van der Waals surface area contributed by atoms with Crippen molar-refractivity contribution in [2.75, 3.05) is 5.32 Å². The second-order valence-corrected chi connectivity index (χ2v) is 4.30. The summed E-state index contributed by atoms with van der Waals surface area (Å²) in [7, 11) is 0. The SMILES string of the molecule is CCc1ccc(CNc2cccc(F)c2C#N)cc1. The fourth-order valence-corrected chi connectivity index (χ4v) is 1.88. The molecule has 2 rings (SSSR count). The summed E-state index contributed by atoms with van der Waals surface area (Å²) in [4.78, 5) is 0. The average Bonchev–Trinajstić information content (AvgIpc) is 2.45. The van der Waals surface area contributed by atoms with Crippen LogP contribution in [0.25, 0.3) is 0 Å². The Labute approximate surface area is 112 Å². The monoisotopic (exact) mass is 254 g/mol. The molecule has 0 aliphatic heterocycles. The number of anilines is 1. The zero-order valence-corrected chi connectivity index (χ0v) is 10.8. The number of aryl methyl sites for hydroxylation is 1. The minimum Gasteiger partial charge on any atom is -0.380 e. The molecule has 1 N–H and O–H groups in total. The highest BCUT2D eigenvalue weighted by molar-refractivity contribution is 5.58. The summed E-state index contributed by atoms with van der Waals surface area (Å²) in [6.07, 6.45) is 1.01. The number of nitrogens with one attached hydrogen (secondary N) is 1. The third kappa shape index (κ3) is 3.11. The Bertz CT molecular complexity index is 597. The van der Waals surface area contributed by atoms with Crippen LogP contribution >= 0.6 is 0 Å². The van der Waals surface area contributed by atoms with Gasteiger partial charge in [0.1, 0.15) is 17.4 Å². The van der Waals surface area contributed by atoms with Crippen LogP contribution in [0.2, 0.25) is 0 Å².